The van der Waals surface area contributed by atoms with Gasteiger partial charge in [0.1, 0.15) is 5.82 Å². The van der Waals surface area contributed by atoms with Crippen molar-refractivity contribution in [1.29, 1.82) is 0 Å². The second-order valence-electron chi connectivity index (χ2n) is 4.32. The van der Waals surface area contributed by atoms with Crippen LogP contribution in [0.2, 0.25) is 0 Å². The first-order valence-electron chi connectivity index (χ1n) is 5.12. The molecule has 76 valence electrons. The Morgan fingerprint density at radius 1 is 1.29 bits per heavy atom. The second-order valence-corrected chi connectivity index (χ2v) is 4.32. The van der Waals surface area contributed by atoms with Crippen molar-refractivity contribution in [1.82, 2.24) is 0 Å². The zero-order valence-electron chi connectivity index (χ0n) is 8.68. The molecule has 2 N–H and O–H groups in total. The van der Waals surface area contributed by atoms with Gasteiger partial charge in [-0.25, -0.2) is 4.39 Å². The molecular weight excluding hydrogens is 177 g/mol. The summed E-state index contributed by atoms with van der Waals surface area (Å²) in [5.74, 6) is 0.463. The highest BCUT2D eigenvalue weighted by atomic mass is 19.1. The fourth-order valence-electron chi connectivity index (χ4n) is 2.14. The van der Waals surface area contributed by atoms with Crippen LogP contribution in [0.3, 0.4) is 0 Å². The van der Waals surface area contributed by atoms with Crippen molar-refractivity contribution in [2.75, 3.05) is 0 Å². The van der Waals surface area contributed by atoms with Crippen molar-refractivity contribution >= 4 is 0 Å². The third kappa shape index (κ3) is 1.67. The predicted octanol–water partition coefficient (Wildman–Crippen LogP) is 2.85. The van der Waals surface area contributed by atoms with Crippen LogP contribution in [0.4, 0.5) is 4.39 Å². The van der Waals surface area contributed by atoms with Gasteiger partial charge in [0, 0.05) is 6.04 Å². The number of nitrogens with two attached hydrogens (primary N) is 1. The first-order valence-corrected chi connectivity index (χ1v) is 5.12. The van der Waals surface area contributed by atoms with Gasteiger partial charge in [0.2, 0.25) is 0 Å². The predicted molar refractivity (Wildman–Crippen MR) is 55.5 cm³/mol. The van der Waals surface area contributed by atoms with Gasteiger partial charge >= 0.3 is 0 Å². The quantitative estimate of drug-likeness (QED) is 0.768. The Kier molecular flexibility index (Phi) is 2.31. The van der Waals surface area contributed by atoms with Gasteiger partial charge in [-0.1, -0.05) is 0 Å². The van der Waals surface area contributed by atoms with Crippen LogP contribution in [-0.4, -0.2) is 0 Å². The lowest BCUT2D eigenvalue weighted by Gasteiger charge is -2.17. The molecular formula is C12H16FN. The molecule has 1 aliphatic rings. The molecule has 2 heteroatoms. The summed E-state index contributed by atoms with van der Waals surface area (Å²) >= 11 is 0. The van der Waals surface area contributed by atoms with Gasteiger partial charge in [-0.2, -0.15) is 0 Å². The minimum absolute atomic E-state index is 0.107. The Labute approximate surface area is 84.1 Å². The first kappa shape index (κ1) is 9.66. The molecule has 0 spiro atoms. The van der Waals surface area contributed by atoms with Gasteiger partial charge in [0.15, 0.2) is 0 Å². The molecule has 0 radical (unpaired) electrons. The lowest BCUT2D eigenvalue weighted by Crippen LogP contribution is -2.15. The number of halogens is 1. The first-order chi connectivity index (χ1) is 6.59. The van der Waals surface area contributed by atoms with E-state index in [1.807, 2.05) is 13.8 Å². The minimum atomic E-state index is -0.160. The highest BCUT2D eigenvalue weighted by molar-refractivity contribution is 5.37. The summed E-state index contributed by atoms with van der Waals surface area (Å²) in [6, 6.07) is 3.25. The van der Waals surface area contributed by atoms with E-state index in [0.29, 0.717) is 5.92 Å². The molecule has 1 atom stereocenters. The van der Waals surface area contributed by atoms with Crippen LogP contribution in [0.1, 0.15) is 35.6 Å². The maximum absolute atomic E-state index is 13.0. The summed E-state index contributed by atoms with van der Waals surface area (Å²) in [7, 11) is 0. The molecule has 0 bridgehead atoms. The van der Waals surface area contributed by atoms with Gasteiger partial charge in [0.25, 0.3) is 0 Å². The molecule has 2 rings (SSSR count). The summed E-state index contributed by atoms with van der Waals surface area (Å²) in [5.41, 5.74) is 9.25. The maximum Gasteiger partial charge on any atom is 0.123 e. The minimum Gasteiger partial charge on any atom is -0.324 e. The summed E-state index contributed by atoms with van der Waals surface area (Å²) in [6.45, 7) is 3.88. The summed E-state index contributed by atoms with van der Waals surface area (Å²) in [6.07, 6.45) is 2.44. The molecule has 1 saturated carbocycles. The standard InChI is InChI=1S/C12H16FN/c1-7-5-10(13)6-8(2)11(7)12(14)9-3-4-9/h5-6,9,12H,3-4,14H2,1-2H3. The Morgan fingerprint density at radius 3 is 2.21 bits per heavy atom. The summed E-state index contributed by atoms with van der Waals surface area (Å²) in [4.78, 5) is 0. The largest absolute Gasteiger partial charge is 0.324 e. The smallest absolute Gasteiger partial charge is 0.123 e. The third-order valence-electron chi connectivity index (χ3n) is 3.02. The molecule has 0 heterocycles. The number of hydrogen-bond acceptors (Lipinski definition) is 1. The normalized spacial score (nSPS) is 18.3. The Hall–Kier alpha value is -0.890. The van der Waals surface area contributed by atoms with Crippen LogP contribution in [-0.2, 0) is 0 Å². The second kappa shape index (κ2) is 3.35. The Morgan fingerprint density at radius 2 is 1.79 bits per heavy atom. The van der Waals surface area contributed by atoms with Gasteiger partial charge in [-0.15, -0.1) is 0 Å². The monoisotopic (exact) mass is 193 g/mol. The molecule has 0 aliphatic heterocycles. The topological polar surface area (TPSA) is 26.0 Å². The molecule has 0 saturated heterocycles. The Balaban J connectivity index is 2.40. The summed E-state index contributed by atoms with van der Waals surface area (Å²) in [5, 5.41) is 0. The number of rotatable bonds is 2. The average molecular weight is 193 g/mol. The van der Waals surface area contributed by atoms with Crippen molar-refractivity contribution in [3.05, 3.63) is 34.6 Å². The number of aryl methyl sites for hydroxylation is 2. The van der Waals surface area contributed by atoms with E-state index in [-0.39, 0.29) is 11.9 Å². The zero-order chi connectivity index (χ0) is 10.3. The van der Waals surface area contributed by atoms with E-state index in [1.165, 1.54) is 12.8 Å². The van der Waals surface area contributed by atoms with Crippen LogP contribution in [0.5, 0.6) is 0 Å². The molecule has 1 aromatic carbocycles. The molecule has 1 unspecified atom stereocenters. The SMILES string of the molecule is Cc1cc(F)cc(C)c1C(N)C1CC1. The van der Waals surface area contributed by atoms with E-state index < -0.39 is 0 Å². The van der Waals surface area contributed by atoms with Crippen LogP contribution in [0.25, 0.3) is 0 Å². The highest BCUT2D eigenvalue weighted by Crippen LogP contribution is 2.41. The molecule has 1 nitrogen and oxygen atoms in total. The van der Waals surface area contributed by atoms with Crippen molar-refractivity contribution in [3.63, 3.8) is 0 Å². The highest BCUT2D eigenvalue weighted by Gasteiger charge is 2.31. The Bertz CT molecular complexity index is 332. The number of benzene rings is 1. The van der Waals surface area contributed by atoms with Crippen molar-refractivity contribution < 1.29 is 4.39 Å². The molecule has 14 heavy (non-hydrogen) atoms. The zero-order valence-corrected chi connectivity index (χ0v) is 8.68. The van der Waals surface area contributed by atoms with Crippen molar-refractivity contribution in [2.45, 2.75) is 32.7 Å². The van der Waals surface area contributed by atoms with E-state index in [2.05, 4.69) is 0 Å². The van der Waals surface area contributed by atoms with Crippen LogP contribution < -0.4 is 5.73 Å². The molecule has 1 fully saturated rings. The fourth-order valence-corrected chi connectivity index (χ4v) is 2.14. The van der Waals surface area contributed by atoms with Crippen molar-refractivity contribution in [3.8, 4) is 0 Å². The van der Waals surface area contributed by atoms with Gasteiger partial charge in [0.05, 0.1) is 0 Å². The van der Waals surface area contributed by atoms with E-state index in [9.17, 15) is 4.39 Å². The van der Waals surface area contributed by atoms with E-state index in [4.69, 9.17) is 5.73 Å². The van der Waals surface area contributed by atoms with Crippen LogP contribution in [0.15, 0.2) is 12.1 Å². The number of hydrogen-bond donors (Lipinski definition) is 1. The van der Waals surface area contributed by atoms with Gasteiger partial charge < -0.3 is 5.73 Å². The fraction of sp³-hybridized carbons (Fsp3) is 0.500. The molecule has 0 aromatic heterocycles. The molecule has 1 aromatic rings. The average Bonchev–Trinajstić information content (AvgIpc) is 2.83. The van der Waals surface area contributed by atoms with E-state index in [0.717, 1.165) is 16.7 Å². The van der Waals surface area contributed by atoms with Gasteiger partial charge in [-0.05, 0) is 61.4 Å². The molecule has 0 amide bonds. The lowest BCUT2D eigenvalue weighted by atomic mass is 9.94. The van der Waals surface area contributed by atoms with E-state index >= 15 is 0 Å². The third-order valence-corrected chi connectivity index (χ3v) is 3.02. The molecule has 1 aliphatic carbocycles. The van der Waals surface area contributed by atoms with Crippen LogP contribution in [0, 0.1) is 25.6 Å². The lowest BCUT2D eigenvalue weighted by molar-refractivity contribution is 0.605. The van der Waals surface area contributed by atoms with Crippen molar-refractivity contribution in [2.24, 2.45) is 11.7 Å². The van der Waals surface area contributed by atoms with Crippen LogP contribution >= 0.6 is 0 Å². The van der Waals surface area contributed by atoms with Gasteiger partial charge in [-0.3, -0.25) is 0 Å². The summed E-state index contributed by atoms with van der Waals surface area (Å²) < 4.78 is 13.0. The maximum atomic E-state index is 13.0. The van der Waals surface area contributed by atoms with E-state index in [1.54, 1.807) is 12.1 Å².